The fourth-order valence-electron chi connectivity index (χ4n) is 1.74. The van der Waals surface area contributed by atoms with Gasteiger partial charge in [-0.2, -0.15) is 0 Å². The summed E-state index contributed by atoms with van der Waals surface area (Å²) in [5, 5.41) is 13.6. The first-order valence-corrected chi connectivity index (χ1v) is 6.01. The Bertz CT molecular complexity index is 552. The van der Waals surface area contributed by atoms with E-state index in [0.717, 1.165) is 16.6 Å². The van der Waals surface area contributed by atoms with Gasteiger partial charge in [0.15, 0.2) is 0 Å². The Morgan fingerprint density at radius 1 is 1.33 bits per heavy atom. The summed E-state index contributed by atoms with van der Waals surface area (Å²) in [6, 6.07) is 7.86. The summed E-state index contributed by atoms with van der Waals surface area (Å²) < 4.78 is 0. The molecule has 0 unspecified atom stereocenters. The van der Waals surface area contributed by atoms with E-state index in [1.54, 1.807) is 6.20 Å². The van der Waals surface area contributed by atoms with Crippen molar-refractivity contribution in [1.82, 2.24) is 4.98 Å². The average molecular weight is 245 g/mol. The highest BCUT2D eigenvalue weighted by molar-refractivity contribution is 5.96. The van der Waals surface area contributed by atoms with E-state index in [0.29, 0.717) is 12.2 Å². The molecule has 0 bridgehead atoms. The maximum Gasteiger partial charge on any atom is 0.0743 e. The van der Waals surface area contributed by atoms with Crippen LogP contribution in [0.25, 0.3) is 10.9 Å². The van der Waals surface area contributed by atoms with E-state index in [1.165, 1.54) is 0 Å². The number of nitrogens with one attached hydrogen (secondary N) is 1. The molecule has 1 heterocycles. The van der Waals surface area contributed by atoms with Crippen LogP contribution in [0.4, 0.5) is 11.4 Å². The van der Waals surface area contributed by atoms with E-state index in [-0.39, 0.29) is 12.0 Å². The number of aromatic nitrogens is 1. The third kappa shape index (κ3) is 2.54. The second-order valence-electron chi connectivity index (χ2n) is 5.28. The predicted molar refractivity (Wildman–Crippen MR) is 75.5 cm³/mol. The molecule has 1 aromatic carbocycles. The Morgan fingerprint density at radius 2 is 2.06 bits per heavy atom. The van der Waals surface area contributed by atoms with Crippen molar-refractivity contribution >= 4 is 22.3 Å². The largest absolute Gasteiger partial charge is 0.396 e. The molecule has 0 radical (unpaired) electrons. The first kappa shape index (κ1) is 12.6. The van der Waals surface area contributed by atoms with E-state index in [1.807, 2.05) is 38.1 Å². The lowest BCUT2D eigenvalue weighted by Crippen LogP contribution is -2.27. The molecular formula is C14H19N3O. The van der Waals surface area contributed by atoms with E-state index < -0.39 is 0 Å². The molecule has 0 atom stereocenters. The Kier molecular flexibility index (Phi) is 3.39. The van der Waals surface area contributed by atoms with Gasteiger partial charge in [-0.3, -0.25) is 4.98 Å². The summed E-state index contributed by atoms with van der Waals surface area (Å²) in [6.07, 6.45) is 1.66. The molecule has 0 aliphatic heterocycles. The van der Waals surface area contributed by atoms with Crippen molar-refractivity contribution in [2.45, 2.75) is 13.8 Å². The molecule has 4 heteroatoms. The molecule has 0 saturated carbocycles. The molecule has 0 fully saturated rings. The molecule has 0 aliphatic rings. The van der Waals surface area contributed by atoms with Crippen LogP contribution in [0.15, 0.2) is 30.5 Å². The third-order valence-electron chi connectivity index (χ3n) is 2.98. The van der Waals surface area contributed by atoms with Crippen molar-refractivity contribution in [3.8, 4) is 0 Å². The number of pyridine rings is 1. The number of fused-ring (bicyclic) bond motifs is 1. The second-order valence-corrected chi connectivity index (χ2v) is 5.28. The highest BCUT2D eigenvalue weighted by Gasteiger charge is 2.17. The van der Waals surface area contributed by atoms with E-state index in [4.69, 9.17) is 5.73 Å². The SMILES string of the molecule is CC(C)(CO)CNc1c(N)cnc2ccccc12. The standard InChI is InChI=1S/C14H19N3O/c1-14(2,9-18)8-17-13-10-5-3-4-6-12(10)16-7-11(13)15/h3-7,18H,8-9,15H2,1-2H3,(H,16,17). The normalized spacial score (nSPS) is 11.7. The first-order chi connectivity index (χ1) is 8.53. The summed E-state index contributed by atoms with van der Waals surface area (Å²) in [7, 11) is 0. The van der Waals surface area contributed by atoms with Crippen LogP contribution >= 0.6 is 0 Å². The molecule has 0 amide bonds. The number of hydrogen-bond donors (Lipinski definition) is 3. The van der Waals surface area contributed by atoms with Gasteiger partial charge in [0.25, 0.3) is 0 Å². The summed E-state index contributed by atoms with van der Waals surface area (Å²) in [5.41, 5.74) is 8.22. The zero-order valence-corrected chi connectivity index (χ0v) is 10.8. The lowest BCUT2D eigenvalue weighted by atomic mass is 9.95. The molecule has 18 heavy (non-hydrogen) atoms. The number of rotatable bonds is 4. The molecule has 2 aromatic rings. The van der Waals surface area contributed by atoms with Crippen LogP contribution in [-0.4, -0.2) is 23.2 Å². The van der Waals surface area contributed by atoms with Crippen LogP contribution in [0.2, 0.25) is 0 Å². The highest BCUT2D eigenvalue weighted by Crippen LogP contribution is 2.28. The minimum absolute atomic E-state index is 0.128. The Balaban J connectivity index is 2.35. The molecule has 96 valence electrons. The van der Waals surface area contributed by atoms with Gasteiger partial charge in [0.2, 0.25) is 0 Å². The maximum atomic E-state index is 9.27. The first-order valence-electron chi connectivity index (χ1n) is 6.01. The monoisotopic (exact) mass is 245 g/mol. The van der Waals surface area contributed by atoms with Gasteiger partial charge in [0, 0.05) is 24.0 Å². The summed E-state index contributed by atoms with van der Waals surface area (Å²) in [4.78, 5) is 4.29. The number of anilines is 2. The summed E-state index contributed by atoms with van der Waals surface area (Å²) in [5.74, 6) is 0. The molecule has 0 spiro atoms. The number of nitrogens with two attached hydrogens (primary N) is 1. The second kappa shape index (κ2) is 4.82. The van der Waals surface area contributed by atoms with Crippen LogP contribution in [0.5, 0.6) is 0 Å². The van der Waals surface area contributed by atoms with Crippen LogP contribution in [0.3, 0.4) is 0 Å². The van der Waals surface area contributed by atoms with Gasteiger partial charge in [-0.15, -0.1) is 0 Å². The van der Waals surface area contributed by atoms with Gasteiger partial charge in [0.1, 0.15) is 0 Å². The molecule has 4 N–H and O–H groups in total. The summed E-state index contributed by atoms with van der Waals surface area (Å²) in [6.45, 7) is 4.78. The van der Waals surface area contributed by atoms with Gasteiger partial charge >= 0.3 is 0 Å². The number of para-hydroxylation sites is 1. The van der Waals surface area contributed by atoms with Crippen LogP contribution in [0.1, 0.15) is 13.8 Å². The maximum absolute atomic E-state index is 9.27. The zero-order valence-electron chi connectivity index (χ0n) is 10.8. The average Bonchev–Trinajstić information content (AvgIpc) is 2.37. The van der Waals surface area contributed by atoms with E-state index >= 15 is 0 Å². The third-order valence-corrected chi connectivity index (χ3v) is 2.98. The van der Waals surface area contributed by atoms with Crippen LogP contribution in [0, 0.1) is 5.41 Å². The number of aliphatic hydroxyl groups excluding tert-OH is 1. The smallest absolute Gasteiger partial charge is 0.0743 e. The van der Waals surface area contributed by atoms with Crippen molar-refractivity contribution in [3.05, 3.63) is 30.5 Å². The fraction of sp³-hybridized carbons (Fsp3) is 0.357. The molecule has 0 aliphatic carbocycles. The number of hydrogen-bond acceptors (Lipinski definition) is 4. The van der Waals surface area contributed by atoms with Crippen molar-refractivity contribution in [2.24, 2.45) is 5.41 Å². The van der Waals surface area contributed by atoms with Crippen molar-refractivity contribution < 1.29 is 5.11 Å². The quantitative estimate of drug-likeness (QED) is 0.772. The lowest BCUT2D eigenvalue weighted by Gasteiger charge is -2.23. The van der Waals surface area contributed by atoms with Crippen molar-refractivity contribution in [3.63, 3.8) is 0 Å². The predicted octanol–water partition coefficient (Wildman–Crippen LogP) is 2.25. The van der Waals surface area contributed by atoms with Crippen molar-refractivity contribution in [1.29, 1.82) is 0 Å². The lowest BCUT2D eigenvalue weighted by molar-refractivity contribution is 0.171. The number of aliphatic hydroxyl groups is 1. The van der Waals surface area contributed by atoms with E-state index in [2.05, 4.69) is 10.3 Å². The van der Waals surface area contributed by atoms with Crippen LogP contribution in [-0.2, 0) is 0 Å². The number of nitrogen functional groups attached to an aromatic ring is 1. The molecule has 0 saturated heterocycles. The highest BCUT2D eigenvalue weighted by atomic mass is 16.3. The van der Waals surface area contributed by atoms with Crippen LogP contribution < -0.4 is 11.1 Å². The minimum atomic E-state index is -0.184. The van der Waals surface area contributed by atoms with Gasteiger partial charge in [-0.1, -0.05) is 32.0 Å². The number of nitrogens with zero attached hydrogens (tertiary/aromatic N) is 1. The Hall–Kier alpha value is -1.81. The van der Waals surface area contributed by atoms with Crippen molar-refractivity contribution in [2.75, 3.05) is 24.2 Å². The Labute approximate surface area is 107 Å². The summed E-state index contributed by atoms with van der Waals surface area (Å²) >= 11 is 0. The Morgan fingerprint density at radius 3 is 2.78 bits per heavy atom. The van der Waals surface area contributed by atoms with Gasteiger partial charge in [-0.25, -0.2) is 0 Å². The fourth-order valence-corrected chi connectivity index (χ4v) is 1.74. The van der Waals surface area contributed by atoms with Gasteiger partial charge in [-0.05, 0) is 6.07 Å². The number of benzene rings is 1. The topological polar surface area (TPSA) is 71.2 Å². The molecule has 4 nitrogen and oxygen atoms in total. The van der Waals surface area contributed by atoms with E-state index in [9.17, 15) is 5.11 Å². The molecule has 2 rings (SSSR count). The minimum Gasteiger partial charge on any atom is -0.396 e. The van der Waals surface area contributed by atoms with Gasteiger partial charge < -0.3 is 16.2 Å². The molecular weight excluding hydrogens is 226 g/mol. The zero-order chi connectivity index (χ0) is 13.2. The van der Waals surface area contributed by atoms with Gasteiger partial charge in [0.05, 0.1) is 23.1 Å². The molecule has 1 aromatic heterocycles.